The molecule has 0 unspecified atom stereocenters. The highest BCUT2D eigenvalue weighted by Crippen LogP contribution is 2.21. The summed E-state index contributed by atoms with van der Waals surface area (Å²) in [6.45, 7) is -0.346. The average Bonchev–Trinajstić information content (AvgIpc) is 2.58. The predicted octanol–water partition coefficient (Wildman–Crippen LogP) is 3.77. The van der Waals surface area contributed by atoms with Gasteiger partial charge in [0.1, 0.15) is 0 Å². The van der Waals surface area contributed by atoms with Crippen molar-refractivity contribution < 1.29 is 19.2 Å². The van der Waals surface area contributed by atoms with Crippen LogP contribution in [0.3, 0.4) is 0 Å². The van der Waals surface area contributed by atoms with E-state index in [1.165, 1.54) is 23.9 Å². The fraction of sp³-hybridized carbons (Fsp3) is 0.125. The Balaban J connectivity index is 1.77. The third kappa shape index (κ3) is 5.36. The van der Waals surface area contributed by atoms with E-state index in [2.05, 4.69) is 0 Å². The third-order valence-corrected chi connectivity index (χ3v) is 4.17. The highest BCUT2D eigenvalue weighted by atomic mass is 35.5. The number of thioether (sulfide) groups is 1. The molecule has 0 aliphatic rings. The van der Waals surface area contributed by atoms with Crippen LogP contribution in [0.5, 0.6) is 0 Å². The SMILES string of the molecule is O=C(CSc1ccc([N+](=O)[O-])cc1)OCC(=O)c1ccc(Cl)cc1. The molecule has 0 fully saturated rings. The zero-order valence-corrected chi connectivity index (χ0v) is 13.9. The van der Waals surface area contributed by atoms with Gasteiger partial charge >= 0.3 is 5.97 Å². The Bertz CT molecular complexity index is 746. The number of benzene rings is 2. The molecule has 0 aromatic heterocycles. The molecule has 0 spiro atoms. The molecule has 124 valence electrons. The Morgan fingerprint density at radius 3 is 2.29 bits per heavy atom. The summed E-state index contributed by atoms with van der Waals surface area (Å²) in [6, 6.07) is 12.1. The van der Waals surface area contributed by atoms with E-state index >= 15 is 0 Å². The van der Waals surface area contributed by atoms with E-state index in [-0.39, 0.29) is 23.8 Å². The van der Waals surface area contributed by atoms with Crippen molar-refractivity contribution >= 4 is 40.8 Å². The number of Topliss-reactive ketones (excluding diaryl/α,β-unsaturated/α-hetero) is 1. The molecule has 0 bridgehead atoms. The largest absolute Gasteiger partial charge is 0.457 e. The smallest absolute Gasteiger partial charge is 0.316 e. The summed E-state index contributed by atoms with van der Waals surface area (Å²) in [7, 11) is 0. The molecule has 0 saturated carbocycles. The van der Waals surface area contributed by atoms with Crippen LogP contribution in [0.1, 0.15) is 10.4 Å². The van der Waals surface area contributed by atoms with Gasteiger partial charge in [-0.3, -0.25) is 19.7 Å². The first-order chi connectivity index (χ1) is 11.5. The van der Waals surface area contributed by atoms with Crippen molar-refractivity contribution in [3.8, 4) is 0 Å². The Morgan fingerprint density at radius 1 is 1.08 bits per heavy atom. The van der Waals surface area contributed by atoms with Crippen molar-refractivity contribution in [1.29, 1.82) is 0 Å². The number of ketones is 1. The molecule has 0 radical (unpaired) electrons. The molecule has 0 saturated heterocycles. The van der Waals surface area contributed by atoms with Gasteiger partial charge < -0.3 is 4.74 Å². The molecule has 8 heteroatoms. The molecule has 0 N–H and O–H groups in total. The van der Waals surface area contributed by atoms with Gasteiger partial charge in [-0.15, -0.1) is 11.8 Å². The summed E-state index contributed by atoms with van der Waals surface area (Å²) in [5, 5.41) is 11.1. The number of non-ortho nitro benzene ring substituents is 1. The summed E-state index contributed by atoms with van der Waals surface area (Å²) in [5.41, 5.74) is 0.394. The van der Waals surface area contributed by atoms with Crippen LogP contribution < -0.4 is 0 Å². The van der Waals surface area contributed by atoms with E-state index < -0.39 is 10.9 Å². The summed E-state index contributed by atoms with van der Waals surface area (Å²) in [4.78, 5) is 34.3. The number of carbonyl (C=O) groups is 2. The van der Waals surface area contributed by atoms with E-state index in [0.717, 1.165) is 0 Å². The molecule has 0 atom stereocenters. The number of rotatable bonds is 7. The van der Waals surface area contributed by atoms with Crippen molar-refractivity contribution in [2.45, 2.75) is 4.90 Å². The second-order valence-corrected chi connectivity index (χ2v) is 6.12. The second kappa shape index (κ2) is 8.47. The van der Waals surface area contributed by atoms with Gasteiger partial charge in [0.25, 0.3) is 5.69 Å². The van der Waals surface area contributed by atoms with Crippen LogP contribution in [0, 0.1) is 10.1 Å². The lowest BCUT2D eigenvalue weighted by Crippen LogP contribution is -2.15. The fourth-order valence-electron chi connectivity index (χ4n) is 1.71. The first kappa shape index (κ1) is 18.0. The summed E-state index contributed by atoms with van der Waals surface area (Å²) >= 11 is 6.91. The highest BCUT2D eigenvalue weighted by Gasteiger charge is 2.11. The number of halogens is 1. The standard InChI is InChI=1S/C16H12ClNO5S/c17-12-3-1-11(2-4-12)15(19)9-23-16(20)10-24-14-7-5-13(6-8-14)18(21)22/h1-8H,9-10H2. The van der Waals surface area contributed by atoms with E-state index in [9.17, 15) is 19.7 Å². The van der Waals surface area contributed by atoms with Crippen molar-refractivity contribution in [2.24, 2.45) is 0 Å². The number of nitrogens with zero attached hydrogens (tertiary/aromatic N) is 1. The minimum atomic E-state index is -0.541. The van der Waals surface area contributed by atoms with E-state index in [1.807, 2.05) is 0 Å². The monoisotopic (exact) mass is 365 g/mol. The Morgan fingerprint density at radius 2 is 1.71 bits per heavy atom. The second-order valence-electron chi connectivity index (χ2n) is 4.63. The summed E-state index contributed by atoms with van der Waals surface area (Å²) in [5.74, 6) is -0.855. The predicted molar refractivity (Wildman–Crippen MR) is 90.6 cm³/mol. The molecule has 0 amide bonds. The van der Waals surface area contributed by atoms with Gasteiger partial charge in [-0.2, -0.15) is 0 Å². The molecule has 24 heavy (non-hydrogen) atoms. The Kier molecular flexibility index (Phi) is 6.34. The van der Waals surface area contributed by atoms with Gasteiger partial charge in [-0.05, 0) is 36.4 Å². The lowest BCUT2D eigenvalue weighted by atomic mass is 10.1. The van der Waals surface area contributed by atoms with Crippen LogP contribution in [-0.2, 0) is 9.53 Å². The molecular formula is C16H12ClNO5S. The summed E-state index contributed by atoms with van der Waals surface area (Å²) < 4.78 is 4.92. The van der Waals surface area contributed by atoms with E-state index in [1.54, 1.807) is 36.4 Å². The molecule has 0 aliphatic heterocycles. The number of hydrogen-bond acceptors (Lipinski definition) is 6. The van der Waals surface area contributed by atoms with Gasteiger partial charge in [-0.1, -0.05) is 11.6 Å². The Labute approximate surface area is 146 Å². The van der Waals surface area contributed by atoms with Gasteiger partial charge in [-0.25, -0.2) is 0 Å². The first-order valence-electron chi connectivity index (χ1n) is 6.77. The lowest BCUT2D eigenvalue weighted by molar-refractivity contribution is -0.384. The zero-order valence-electron chi connectivity index (χ0n) is 12.3. The van der Waals surface area contributed by atoms with Crippen LogP contribution in [-0.4, -0.2) is 29.0 Å². The van der Waals surface area contributed by atoms with Gasteiger partial charge in [0.05, 0.1) is 10.7 Å². The molecule has 6 nitrogen and oxygen atoms in total. The van der Waals surface area contributed by atoms with Crippen molar-refractivity contribution in [1.82, 2.24) is 0 Å². The number of hydrogen-bond donors (Lipinski definition) is 0. The van der Waals surface area contributed by atoms with Crippen molar-refractivity contribution in [2.75, 3.05) is 12.4 Å². The summed E-state index contributed by atoms with van der Waals surface area (Å²) in [6.07, 6.45) is 0. The molecular weight excluding hydrogens is 354 g/mol. The molecule has 2 aromatic rings. The maximum Gasteiger partial charge on any atom is 0.316 e. The minimum absolute atomic E-state index is 0.00566. The van der Waals surface area contributed by atoms with Crippen LogP contribution >= 0.6 is 23.4 Å². The lowest BCUT2D eigenvalue weighted by Gasteiger charge is -2.05. The number of ether oxygens (including phenoxy) is 1. The maximum atomic E-state index is 11.8. The fourth-order valence-corrected chi connectivity index (χ4v) is 2.54. The van der Waals surface area contributed by atoms with Crippen molar-refractivity contribution in [3.05, 3.63) is 69.2 Å². The van der Waals surface area contributed by atoms with Gasteiger partial charge in [0.2, 0.25) is 0 Å². The number of nitro benzene ring substituents is 1. The third-order valence-electron chi connectivity index (χ3n) is 2.93. The topological polar surface area (TPSA) is 86.5 Å². The minimum Gasteiger partial charge on any atom is -0.457 e. The average molecular weight is 366 g/mol. The van der Waals surface area contributed by atoms with Crippen LogP contribution in [0.15, 0.2) is 53.4 Å². The molecule has 2 aromatic carbocycles. The zero-order chi connectivity index (χ0) is 17.5. The molecule has 0 heterocycles. The van der Waals surface area contributed by atoms with Crippen LogP contribution in [0.4, 0.5) is 5.69 Å². The first-order valence-corrected chi connectivity index (χ1v) is 8.13. The normalized spacial score (nSPS) is 10.2. The molecule has 0 aliphatic carbocycles. The highest BCUT2D eigenvalue weighted by molar-refractivity contribution is 8.00. The van der Waals surface area contributed by atoms with Gasteiger partial charge in [0.15, 0.2) is 12.4 Å². The van der Waals surface area contributed by atoms with E-state index in [4.69, 9.17) is 16.3 Å². The maximum absolute atomic E-state index is 11.8. The molecule has 2 rings (SSSR count). The number of esters is 1. The Hall–Kier alpha value is -2.38. The quantitative estimate of drug-likeness (QED) is 0.244. The number of nitro groups is 1. The van der Waals surface area contributed by atoms with Crippen LogP contribution in [0.2, 0.25) is 5.02 Å². The van der Waals surface area contributed by atoms with Gasteiger partial charge in [0, 0.05) is 27.6 Å². The number of carbonyl (C=O) groups excluding carboxylic acids is 2. The van der Waals surface area contributed by atoms with E-state index in [0.29, 0.717) is 15.5 Å². The van der Waals surface area contributed by atoms with Crippen molar-refractivity contribution in [3.63, 3.8) is 0 Å². The van der Waals surface area contributed by atoms with Crippen LogP contribution in [0.25, 0.3) is 0 Å².